The Hall–Kier alpha value is 0.970. The molecular formula is C12H26Cl2NP. The van der Waals surface area contributed by atoms with Crippen LogP contribution < -0.4 is 0 Å². The van der Waals surface area contributed by atoms with Crippen molar-refractivity contribution in [2.24, 2.45) is 0 Å². The van der Waals surface area contributed by atoms with Crippen LogP contribution >= 0.6 is 31.3 Å². The summed E-state index contributed by atoms with van der Waals surface area (Å²) in [7, 11) is 0.0685. The Labute approximate surface area is 113 Å². The molecule has 0 spiro atoms. The molecule has 0 aromatic heterocycles. The van der Waals surface area contributed by atoms with Crippen molar-refractivity contribution < 1.29 is 0 Å². The molecule has 0 unspecified atom stereocenters. The Balaban J connectivity index is 3.93. The maximum absolute atomic E-state index is 5.74. The van der Waals surface area contributed by atoms with Gasteiger partial charge in [-0.05, 0) is 59.2 Å². The molecule has 0 rings (SSSR count). The van der Waals surface area contributed by atoms with Gasteiger partial charge < -0.3 is 0 Å². The second-order valence-corrected chi connectivity index (χ2v) is 7.11. The molecule has 0 saturated carbocycles. The van der Waals surface area contributed by atoms with E-state index in [-0.39, 0.29) is 8.07 Å². The van der Waals surface area contributed by atoms with E-state index in [1.807, 2.05) is 0 Å². The van der Waals surface area contributed by atoms with Gasteiger partial charge in [-0.15, -0.1) is 23.2 Å². The van der Waals surface area contributed by atoms with Crippen molar-refractivity contribution in [3.63, 3.8) is 0 Å². The van der Waals surface area contributed by atoms with E-state index in [1.165, 1.54) is 38.3 Å². The summed E-state index contributed by atoms with van der Waals surface area (Å²) in [5.74, 6) is 1.62. The molecule has 4 heteroatoms. The lowest BCUT2D eigenvalue weighted by Crippen LogP contribution is -2.20. The Kier molecular flexibility index (Phi) is 13.2. The van der Waals surface area contributed by atoms with Gasteiger partial charge in [0.05, 0.1) is 0 Å². The first-order valence-corrected chi connectivity index (χ1v) is 9.15. The summed E-state index contributed by atoms with van der Waals surface area (Å²) in [6.07, 6.45) is 7.60. The number of hydrogen-bond acceptors (Lipinski definition) is 1. The predicted octanol–water partition coefficient (Wildman–Crippen LogP) is 4.76. The van der Waals surface area contributed by atoms with Gasteiger partial charge in [-0.25, -0.2) is 0 Å². The highest BCUT2D eigenvalue weighted by Crippen LogP contribution is 2.41. The van der Waals surface area contributed by atoms with Crippen LogP contribution in [0.1, 0.15) is 39.5 Å². The zero-order valence-corrected chi connectivity index (χ0v) is 13.1. The molecule has 16 heavy (non-hydrogen) atoms. The average molecular weight is 286 g/mol. The smallest absolute Gasteiger partial charge is 0.0223 e. The van der Waals surface area contributed by atoms with Gasteiger partial charge in [0, 0.05) is 11.8 Å². The Morgan fingerprint density at radius 3 is 1.56 bits per heavy atom. The first kappa shape index (κ1) is 17.0. The third-order valence-corrected chi connectivity index (χ3v) is 6.29. The normalized spacial score (nSPS) is 11.6. The lowest BCUT2D eigenvalue weighted by molar-refractivity contribution is 0.502. The van der Waals surface area contributed by atoms with Crippen LogP contribution in [-0.2, 0) is 0 Å². The van der Waals surface area contributed by atoms with Crippen molar-refractivity contribution in [2.45, 2.75) is 39.5 Å². The summed E-state index contributed by atoms with van der Waals surface area (Å²) in [6, 6.07) is 0. The van der Waals surface area contributed by atoms with Crippen LogP contribution in [-0.4, -0.2) is 41.8 Å². The van der Waals surface area contributed by atoms with Crippen LogP contribution in [0.2, 0.25) is 0 Å². The molecule has 0 bridgehead atoms. The lowest BCUT2D eigenvalue weighted by atomic mass is 10.4. The standard InChI is InChI=1S/C12H26Cl2NP/c1-3-15(4-2)16(11-7-5-9-13)12-8-6-10-14/h3-12H2,1-2H3. The zero-order valence-electron chi connectivity index (χ0n) is 10.7. The largest absolute Gasteiger partial charge is 0.282 e. The third-order valence-electron chi connectivity index (χ3n) is 2.73. The van der Waals surface area contributed by atoms with Gasteiger partial charge in [0.1, 0.15) is 0 Å². The Morgan fingerprint density at radius 1 is 0.812 bits per heavy atom. The number of halogens is 2. The second-order valence-electron chi connectivity index (χ2n) is 3.88. The molecule has 0 N–H and O–H groups in total. The number of unbranched alkanes of at least 4 members (excludes halogenated alkanes) is 2. The topological polar surface area (TPSA) is 3.24 Å². The average Bonchev–Trinajstić information content (AvgIpc) is 2.30. The van der Waals surface area contributed by atoms with Gasteiger partial charge in [0.25, 0.3) is 0 Å². The van der Waals surface area contributed by atoms with E-state index < -0.39 is 0 Å². The fourth-order valence-electron chi connectivity index (χ4n) is 1.80. The molecule has 0 aliphatic heterocycles. The molecule has 0 aromatic carbocycles. The van der Waals surface area contributed by atoms with Crippen molar-refractivity contribution in [2.75, 3.05) is 37.2 Å². The summed E-state index contributed by atoms with van der Waals surface area (Å²) in [5.41, 5.74) is 0. The van der Waals surface area contributed by atoms with Crippen molar-refractivity contribution in [3.05, 3.63) is 0 Å². The SMILES string of the molecule is CCN(CC)P(CCCCCl)CCCCCl. The van der Waals surface area contributed by atoms with Crippen LogP contribution in [0.25, 0.3) is 0 Å². The van der Waals surface area contributed by atoms with E-state index in [9.17, 15) is 0 Å². The minimum Gasteiger partial charge on any atom is -0.282 e. The highest BCUT2D eigenvalue weighted by atomic mass is 35.5. The molecule has 0 radical (unpaired) electrons. The number of alkyl halides is 2. The van der Waals surface area contributed by atoms with Gasteiger partial charge in [-0.1, -0.05) is 13.8 Å². The molecule has 0 saturated heterocycles. The molecule has 0 amide bonds. The zero-order chi connectivity index (χ0) is 12.2. The minimum atomic E-state index is 0.0685. The maximum Gasteiger partial charge on any atom is 0.0223 e. The highest BCUT2D eigenvalue weighted by molar-refractivity contribution is 7.55. The van der Waals surface area contributed by atoms with E-state index in [1.54, 1.807) is 0 Å². The fourth-order valence-corrected chi connectivity index (χ4v) is 4.94. The maximum atomic E-state index is 5.74. The van der Waals surface area contributed by atoms with E-state index in [0.717, 1.165) is 24.6 Å². The van der Waals surface area contributed by atoms with Crippen molar-refractivity contribution in [1.82, 2.24) is 4.67 Å². The van der Waals surface area contributed by atoms with Crippen molar-refractivity contribution in [1.29, 1.82) is 0 Å². The Morgan fingerprint density at radius 2 is 1.25 bits per heavy atom. The van der Waals surface area contributed by atoms with Crippen LogP contribution in [0.4, 0.5) is 0 Å². The number of nitrogens with zero attached hydrogens (tertiary/aromatic N) is 1. The second kappa shape index (κ2) is 12.4. The number of rotatable bonds is 11. The monoisotopic (exact) mass is 285 g/mol. The highest BCUT2D eigenvalue weighted by Gasteiger charge is 2.14. The van der Waals surface area contributed by atoms with E-state index >= 15 is 0 Å². The molecule has 0 atom stereocenters. The molecule has 0 aliphatic rings. The minimum absolute atomic E-state index is 0.0685. The molecule has 0 aromatic rings. The third kappa shape index (κ3) is 8.12. The fraction of sp³-hybridized carbons (Fsp3) is 1.00. The molecule has 0 fully saturated rings. The van der Waals surface area contributed by atoms with Crippen LogP contribution in [0.15, 0.2) is 0 Å². The first-order valence-electron chi connectivity index (χ1n) is 6.41. The van der Waals surface area contributed by atoms with Gasteiger partial charge in [-0.3, -0.25) is 4.67 Å². The first-order chi connectivity index (χ1) is 7.79. The van der Waals surface area contributed by atoms with Crippen LogP contribution in [0, 0.1) is 0 Å². The molecule has 1 nitrogen and oxygen atoms in total. The van der Waals surface area contributed by atoms with Gasteiger partial charge in [0.15, 0.2) is 0 Å². The molecule has 0 aliphatic carbocycles. The van der Waals surface area contributed by atoms with Crippen LogP contribution in [0.5, 0.6) is 0 Å². The van der Waals surface area contributed by atoms with Gasteiger partial charge in [-0.2, -0.15) is 0 Å². The van der Waals surface area contributed by atoms with Crippen LogP contribution in [0.3, 0.4) is 0 Å². The summed E-state index contributed by atoms with van der Waals surface area (Å²) in [6.45, 7) is 6.90. The van der Waals surface area contributed by atoms with Gasteiger partial charge >= 0.3 is 0 Å². The summed E-state index contributed by atoms with van der Waals surface area (Å²) in [5, 5.41) is 0. The molecule has 0 heterocycles. The predicted molar refractivity (Wildman–Crippen MR) is 79.5 cm³/mol. The lowest BCUT2D eigenvalue weighted by Gasteiger charge is -2.30. The molecule has 98 valence electrons. The Bertz CT molecular complexity index is 133. The summed E-state index contributed by atoms with van der Waals surface area (Å²) in [4.78, 5) is 0. The number of hydrogen-bond donors (Lipinski definition) is 0. The summed E-state index contributed by atoms with van der Waals surface area (Å²) >= 11 is 11.5. The van der Waals surface area contributed by atoms with E-state index in [2.05, 4.69) is 18.5 Å². The van der Waals surface area contributed by atoms with E-state index in [0.29, 0.717) is 0 Å². The van der Waals surface area contributed by atoms with Crippen molar-refractivity contribution >= 4 is 31.3 Å². The van der Waals surface area contributed by atoms with Gasteiger partial charge in [0.2, 0.25) is 0 Å². The summed E-state index contributed by atoms with van der Waals surface area (Å²) < 4.78 is 2.64. The molecular weight excluding hydrogens is 260 g/mol. The van der Waals surface area contributed by atoms with E-state index in [4.69, 9.17) is 23.2 Å². The quantitative estimate of drug-likeness (QED) is 0.300. The van der Waals surface area contributed by atoms with Crippen molar-refractivity contribution in [3.8, 4) is 0 Å².